The van der Waals surface area contributed by atoms with E-state index in [2.05, 4.69) is 15.6 Å². The number of rotatable bonds is 4. The van der Waals surface area contributed by atoms with Crippen molar-refractivity contribution in [3.63, 3.8) is 0 Å². The van der Waals surface area contributed by atoms with Crippen molar-refractivity contribution in [3.05, 3.63) is 97.7 Å². The number of amides is 2. The van der Waals surface area contributed by atoms with Gasteiger partial charge < -0.3 is 15.2 Å². The molecule has 4 heterocycles. The number of hydrogen-bond donors (Lipinski definition) is 3. The molecule has 1 aliphatic carbocycles. The molecule has 39 heavy (non-hydrogen) atoms. The average molecular weight is 539 g/mol. The molecule has 196 valence electrons. The second-order valence-electron chi connectivity index (χ2n) is 9.69. The van der Waals surface area contributed by atoms with Gasteiger partial charge in [0.25, 0.3) is 17.4 Å². The molecule has 1 aromatic carbocycles. The largest absolute Gasteiger partial charge is 0.322 e. The SMILES string of the molecule is Cc1cccn2c(=O)c3cc(C(=O)Nc4sc5c(c4C(=O)Nc4ccccc4)CCCC5)c(=N)n(C)c3nc12. The van der Waals surface area contributed by atoms with Crippen LogP contribution in [0, 0.1) is 12.3 Å². The minimum atomic E-state index is -0.557. The summed E-state index contributed by atoms with van der Waals surface area (Å²) < 4.78 is 2.89. The number of carbonyl (C=O) groups excluding carboxylic acids is 2. The van der Waals surface area contributed by atoms with Gasteiger partial charge in [0.2, 0.25) is 0 Å². The van der Waals surface area contributed by atoms with Gasteiger partial charge in [0, 0.05) is 23.8 Å². The van der Waals surface area contributed by atoms with Crippen LogP contribution in [0.1, 0.15) is 49.6 Å². The van der Waals surface area contributed by atoms with E-state index >= 15 is 0 Å². The highest BCUT2D eigenvalue weighted by Gasteiger charge is 2.27. The molecule has 0 saturated heterocycles. The minimum absolute atomic E-state index is 0.0253. The van der Waals surface area contributed by atoms with Crippen molar-refractivity contribution in [2.75, 3.05) is 10.6 Å². The molecule has 0 saturated carbocycles. The van der Waals surface area contributed by atoms with Gasteiger partial charge in [0.05, 0.1) is 16.5 Å². The van der Waals surface area contributed by atoms with E-state index in [0.29, 0.717) is 27.5 Å². The molecule has 0 radical (unpaired) electrons. The average Bonchev–Trinajstić information content (AvgIpc) is 3.30. The van der Waals surface area contributed by atoms with Crippen molar-refractivity contribution in [2.24, 2.45) is 7.05 Å². The Balaban J connectivity index is 1.43. The van der Waals surface area contributed by atoms with Crippen molar-refractivity contribution >= 4 is 50.5 Å². The number of fused-ring (bicyclic) bond motifs is 3. The Labute approximate surface area is 227 Å². The first-order valence-electron chi connectivity index (χ1n) is 12.7. The van der Waals surface area contributed by atoms with Gasteiger partial charge in [0.15, 0.2) is 0 Å². The van der Waals surface area contributed by atoms with Crippen LogP contribution in [-0.2, 0) is 19.9 Å². The number of nitrogens with one attached hydrogen (secondary N) is 3. The van der Waals surface area contributed by atoms with E-state index in [1.54, 1.807) is 19.3 Å². The van der Waals surface area contributed by atoms with Crippen LogP contribution >= 0.6 is 11.3 Å². The molecular formula is C29H26N6O3S. The number of pyridine rings is 2. The predicted molar refractivity (Wildman–Crippen MR) is 152 cm³/mol. The number of aromatic nitrogens is 3. The van der Waals surface area contributed by atoms with Crippen LogP contribution in [-0.4, -0.2) is 25.8 Å². The highest BCUT2D eigenvalue weighted by molar-refractivity contribution is 7.17. The number of nitrogens with zero attached hydrogens (tertiary/aromatic N) is 3. The van der Waals surface area contributed by atoms with E-state index in [0.717, 1.165) is 41.7 Å². The summed E-state index contributed by atoms with van der Waals surface area (Å²) in [4.78, 5) is 46.1. The Morgan fingerprint density at radius 2 is 1.77 bits per heavy atom. The zero-order chi connectivity index (χ0) is 27.3. The molecule has 0 unspecified atom stereocenters. The van der Waals surface area contributed by atoms with Gasteiger partial charge >= 0.3 is 0 Å². The third kappa shape index (κ3) is 4.22. The normalized spacial score (nSPS) is 12.9. The number of carbonyl (C=O) groups is 2. The molecule has 10 heteroatoms. The summed E-state index contributed by atoms with van der Waals surface area (Å²) in [5, 5.41) is 15.2. The van der Waals surface area contributed by atoms with Crippen molar-refractivity contribution in [2.45, 2.75) is 32.6 Å². The summed E-state index contributed by atoms with van der Waals surface area (Å²) in [7, 11) is 1.62. The Bertz CT molecular complexity index is 1920. The van der Waals surface area contributed by atoms with Crippen LogP contribution < -0.4 is 21.7 Å². The molecule has 0 atom stereocenters. The Morgan fingerprint density at radius 1 is 1.00 bits per heavy atom. The lowest BCUT2D eigenvalue weighted by Gasteiger charge is -2.14. The van der Waals surface area contributed by atoms with E-state index in [9.17, 15) is 14.4 Å². The quantitative estimate of drug-likeness (QED) is 0.293. The fraction of sp³-hybridized carbons (Fsp3) is 0.207. The summed E-state index contributed by atoms with van der Waals surface area (Å²) >= 11 is 1.41. The number of para-hydroxylation sites is 1. The summed E-state index contributed by atoms with van der Waals surface area (Å²) in [6, 6.07) is 14.3. The van der Waals surface area contributed by atoms with Gasteiger partial charge in [-0.25, -0.2) is 4.98 Å². The standard InChI is InChI=1S/C29H26N6O3S/c1-16-9-8-14-35-24(16)32-25-20(29(35)38)15-19(23(30)34(25)2)26(36)33-28-22(18-12-6-7-13-21(18)39-28)27(37)31-17-10-4-3-5-11-17/h3-5,8-11,14-15,30H,6-7,12-13H2,1-2H3,(H,31,37)(H,33,36). The highest BCUT2D eigenvalue weighted by atomic mass is 32.1. The number of thiophene rings is 1. The maximum Gasteiger partial charge on any atom is 0.267 e. The van der Waals surface area contributed by atoms with Crippen molar-refractivity contribution in [1.82, 2.24) is 14.0 Å². The first kappa shape index (κ1) is 24.7. The highest BCUT2D eigenvalue weighted by Crippen LogP contribution is 2.38. The molecule has 2 amide bonds. The lowest BCUT2D eigenvalue weighted by molar-refractivity contribution is 0.102. The molecule has 3 N–H and O–H groups in total. The summed E-state index contributed by atoms with van der Waals surface area (Å²) in [5.41, 5.74) is 3.37. The fourth-order valence-corrected chi connectivity index (χ4v) is 6.42. The predicted octanol–water partition coefficient (Wildman–Crippen LogP) is 4.42. The van der Waals surface area contributed by atoms with E-state index < -0.39 is 5.91 Å². The number of aryl methyl sites for hydroxylation is 3. The smallest absolute Gasteiger partial charge is 0.267 e. The van der Waals surface area contributed by atoms with Gasteiger partial charge in [-0.1, -0.05) is 24.3 Å². The third-order valence-corrected chi connectivity index (χ3v) is 8.37. The fourth-order valence-electron chi connectivity index (χ4n) is 5.13. The van der Waals surface area contributed by atoms with E-state index in [4.69, 9.17) is 5.41 Å². The number of hydrogen-bond acceptors (Lipinski definition) is 6. The van der Waals surface area contributed by atoms with Crippen LogP contribution in [0.15, 0.2) is 59.5 Å². The second-order valence-corrected chi connectivity index (χ2v) is 10.8. The van der Waals surface area contributed by atoms with Gasteiger partial charge in [-0.15, -0.1) is 11.3 Å². The molecule has 6 rings (SSSR count). The van der Waals surface area contributed by atoms with Crippen LogP contribution in [0.2, 0.25) is 0 Å². The number of benzene rings is 1. The second kappa shape index (κ2) is 9.63. The van der Waals surface area contributed by atoms with Crippen LogP contribution in [0.4, 0.5) is 10.7 Å². The Kier molecular flexibility index (Phi) is 6.11. The molecule has 1 aliphatic rings. The van der Waals surface area contributed by atoms with Gasteiger partial charge in [-0.2, -0.15) is 0 Å². The minimum Gasteiger partial charge on any atom is -0.322 e. The summed E-state index contributed by atoms with van der Waals surface area (Å²) in [6.45, 7) is 1.86. The first-order valence-corrected chi connectivity index (χ1v) is 13.5. The molecule has 0 aliphatic heterocycles. The lowest BCUT2D eigenvalue weighted by atomic mass is 9.95. The zero-order valence-electron chi connectivity index (χ0n) is 21.5. The summed E-state index contributed by atoms with van der Waals surface area (Å²) in [5.74, 6) is -0.839. The maximum atomic E-state index is 13.6. The van der Waals surface area contributed by atoms with Crippen molar-refractivity contribution < 1.29 is 9.59 Å². The van der Waals surface area contributed by atoms with E-state index in [-0.39, 0.29) is 27.9 Å². The molecule has 5 aromatic rings. The molecule has 4 aromatic heterocycles. The number of anilines is 2. The van der Waals surface area contributed by atoms with E-state index in [1.807, 2.05) is 43.3 Å². The van der Waals surface area contributed by atoms with Crippen LogP contribution in [0.3, 0.4) is 0 Å². The maximum absolute atomic E-state index is 13.6. The Hall–Kier alpha value is -4.57. The van der Waals surface area contributed by atoms with Gasteiger partial charge in [0.1, 0.15) is 21.8 Å². The molecule has 0 fully saturated rings. The van der Waals surface area contributed by atoms with Gasteiger partial charge in [-0.3, -0.25) is 24.2 Å². The van der Waals surface area contributed by atoms with Gasteiger partial charge in [-0.05, 0) is 68.0 Å². The molecule has 9 nitrogen and oxygen atoms in total. The topological polar surface area (TPSA) is 121 Å². The third-order valence-electron chi connectivity index (χ3n) is 7.16. The molecule has 0 spiro atoms. The van der Waals surface area contributed by atoms with E-state index in [1.165, 1.54) is 26.4 Å². The van der Waals surface area contributed by atoms with Crippen LogP contribution in [0.5, 0.6) is 0 Å². The van der Waals surface area contributed by atoms with Crippen molar-refractivity contribution in [1.29, 1.82) is 5.41 Å². The first-order chi connectivity index (χ1) is 18.8. The monoisotopic (exact) mass is 538 g/mol. The summed E-state index contributed by atoms with van der Waals surface area (Å²) in [6.07, 6.45) is 5.26. The lowest BCUT2D eigenvalue weighted by Crippen LogP contribution is -2.31. The molecule has 0 bridgehead atoms. The molecular weight excluding hydrogens is 512 g/mol. The van der Waals surface area contributed by atoms with Crippen LogP contribution in [0.25, 0.3) is 16.7 Å². The Morgan fingerprint density at radius 3 is 2.56 bits per heavy atom. The van der Waals surface area contributed by atoms with Crippen molar-refractivity contribution in [3.8, 4) is 0 Å². The zero-order valence-corrected chi connectivity index (χ0v) is 22.3.